The zero-order chi connectivity index (χ0) is 7.56. The monoisotopic (exact) mass is 160 g/mol. The van der Waals surface area contributed by atoms with Gasteiger partial charge in [-0.15, -0.1) is 0 Å². The molecule has 0 radical (unpaired) electrons. The molecule has 1 heterocycles. The van der Waals surface area contributed by atoms with E-state index in [1.807, 2.05) is 0 Å². The van der Waals surface area contributed by atoms with E-state index >= 15 is 0 Å². The molecule has 1 aliphatic heterocycles. The Kier molecular flexibility index (Phi) is 2.16. The summed E-state index contributed by atoms with van der Waals surface area (Å²) in [6.07, 6.45) is 0. The molecule has 1 saturated heterocycles. The second-order valence-electron chi connectivity index (χ2n) is 2.08. The average Bonchev–Trinajstić information content (AvgIpc) is 1.88. The highest BCUT2D eigenvalue weighted by Crippen LogP contribution is 2.00. The van der Waals surface area contributed by atoms with Gasteiger partial charge in [-0.2, -0.15) is 12.6 Å². The molecule has 0 bridgehead atoms. The van der Waals surface area contributed by atoms with Gasteiger partial charge in [-0.05, 0) is 0 Å². The molecule has 3 amide bonds. The van der Waals surface area contributed by atoms with Crippen LogP contribution in [0.5, 0.6) is 0 Å². The topological polar surface area (TPSA) is 58.2 Å². The van der Waals surface area contributed by atoms with Crippen LogP contribution in [0.4, 0.5) is 4.79 Å². The molecule has 0 spiro atoms. The largest absolute Gasteiger partial charge is 0.337 e. The number of urea groups is 1. The van der Waals surface area contributed by atoms with Crippen molar-refractivity contribution in [3.63, 3.8) is 0 Å². The van der Waals surface area contributed by atoms with Crippen molar-refractivity contribution in [2.75, 3.05) is 12.3 Å². The molecule has 10 heavy (non-hydrogen) atoms. The second kappa shape index (κ2) is 2.92. The standard InChI is InChI=1S/C5H8N2O2S/c8-4-3(2-10)1-6-5(9)7-4/h3,10H,1-2H2,(H2,6,7,8,9). The van der Waals surface area contributed by atoms with Gasteiger partial charge < -0.3 is 5.32 Å². The molecule has 1 atom stereocenters. The van der Waals surface area contributed by atoms with E-state index in [1.165, 1.54) is 0 Å². The number of amides is 3. The molecule has 1 fully saturated rings. The highest BCUT2D eigenvalue weighted by atomic mass is 32.1. The van der Waals surface area contributed by atoms with Crippen molar-refractivity contribution >= 4 is 24.6 Å². The SMILES string of the molecule is O=C1NCC(CS)C(=O)N1. The van der Waals surface area contributed by atoms with E-state index in [0.29, 0.717) is 12.3 Å². The first-order valence-electron chi connectivity index (χ1n) is 2.93. The number of hydrogen-bond donors (Lipinski definition) is 3. The van der Waals surface area contributed by atoms with Crippen molar-refractivity contribution in [1.82, 2.24) is 10.6 Å². The van der Waals surface area contributed by atoms with Gasteiger partial charge in [-0.3, -0.25) is 10.1 Å². The third kappa shape index (κ3) is 1.41. The highest BCUT2D eigenvalue weighted by Gasteiger charge is 2.24. The molecule has 0 aliphatic carbocycles. The van der Waals surface area contributed by atoms with Crippen LogP contribution in [0.25, 0.3) is 0 Å². The smallest absolute Gasteiger partial charge is 0.321 e. The number of thiol groups is 1. The number of rotatable bonds is 1. The van der Waals surface area contributed by atoms with Crippen molar-refractivity contribution in [2.24, 2.45) is 5.92 Å². The maximum atomic E-state index is 10.8. The summed E-state index contributed by atoms with van der Waals surface area (Å²) in [7, 11) is 0. The van der Waals surface area contributed by atoms with Crippen LogP contribution in [0.1, 0.15) is 0 Å². The Balaban J connectivity index is 2.51. The summed E-state index contributed by atoms with van der Waals surface area (Å²) in [5.74, 6) is 0.0475. The summed E-state index contributed by atoms with van der Waals surface area (Å²) in [5, 5.41) is 4.64. The van der Waals surface area contributed by atoms with E-state index in [4.69, 9.17) is 0 Å². The fourth-order valence-electron chi connectivity index (χ4n) is 0.714. The molecular weight excluding hydrogens is 152 g/mol. The van der Waals surface area contributed by atoms with E-state index in [9.17, 15) is 9.59 Å². The van der Waals surface area contributed by atoms with Crippen LogP contribution < -0.4 is 10.6 Å². The molecule has 1 rings (SSSR count). The maximum absolute atomic E-state index is 10.8. The highest BCUT2D eigenvalue weighted by molar-refractivity contribution is 7.80. The molecule has 5 heteroatoms. The lowest BCUT2D eigenvalue weighted by Gasteiger charge is -2.19. The van der Waals surface area contributed by atoms with Crippen LogP contribution in [0.3, 0.4) is 0 Å². The fraction of sp³-hybridized carbons (Fsp3) is 0.600. The Morgan fingerprint density at radius 2 is 2.30 bits per heavy atom. The minimum absolute atomic E-state index is 0.180. The van der Waals surface area contributed by atoms with Gasteiger partial charge in [0.15, 0.2) is 0 Å². The van der Waals surface area contributed by atoms with Crippen LogP contribution in [0.2, 0.25) is 0 Å². The van der Waals surface area contributed by atoms with Crippen LogP contribution >= 0.6 is 12.6 Å². The average molecular weight is 160 g/mol. The molecule has 0 aromatic carbocycles. The van der Waals surface area contributed by atoms with Gasteiger partial charge in [-0.1, -0.05) is 0 Å². The Labute approximate surface area is 63.8 Å². The first-order valence-corrected chi connectivity index (χ1v) is 3.57. The summed E-state index contributed by atoms with van der Waals surface area (Å²) in [6, 6.07) is -0.414. The quantitative estimate of drug-likeness (QED) is 0.447. The zero-order valence-corrected chi connectivity index (χ0v) is 6.15. The van der Waals surface area contributed by atoms with Crippen LogP contribution in [0, 0.1) is 5.92 Å². The molecule has 4 nitrogen and oxygen atoms in total. The number of carbonyl (C=O) groups excluding carboxylic acids is 2. The summed E-state index contributed by atoms with van der Waals surface area (Å²) >= 11 is 3.94. The van der Waals surface area contributed by atoms with Crippen molar-refractivity contribution in [3.05, 3.63) is 0 Å². The number of nitrogens with one attached hydrogen (secondary N) is 2. The molecule has 0 aromatic rings. The van der Waals surface area contributed by atoms with Crippen molar-refractivity contribution in [3.8, 4) is 0 Å². The molecule has 2 N–H and O–H groups in total. The summed E-state index contributed by atoms with van der Waals surface area (Å²) in [4.78, 5) is 21.3. The molecule has 1 aliphatic rings. The van der Waals surface area contributed by atoms with Crippen molar-refractivity contribution in [1.29, 1.82) is 0 Å². The first-order chi connectivity index (χ1) is 4.74. The van der Waals surface area contributed by atoms with Crippen LogP contribution in [-0.2, 0) is 4.79 Å². The van der Waals surface area contributed by atoms with E-state index in [0.717, 1.165) is 0 Å². The Morgan fingerprint density at radius 3 is 2.80 bits per heavy atom. The van der Waals surface area contributed by atoms with Gasteiger partial charge in [-0.25, -0.2) is 4.79 Å². The molecule has 0 saturated carbocycles. The first kappa shape index (κ1) is 7.40. The molecule has 0 aromatic heterocycles. The third-order valence-corrected chi connectivity index (χ3v) is 1.78. The lowest BCUT2D eigenvalue weighted by atomic mass is 10.1. The molecular formula is C5H8N2O2S. The fourth-order valence-corrected chi connectivity index (χ4v) is 1.01. The number of hydrogen-bond acceptors (Lipinski definition) is 3. The Hall–Kier alpha value is -0.710. The summed E-state index contributed by atoms with van der Waals surface area (Å²) < 4.78 is 0. The number of carbonyl (C=O) groups is 2. The Morgan fingerprint density at radius 1 is 1.60 bits per heavy atom. The minimum Gasteiger partial charge on any atom is -0.337 e. The van der Waals surface area contributed by atoms with E-state index < -0.39 is 6.03 Å². The molecule has 1 unspecified atom stereocenters. The van der Waals surface area contributed by atoms with Crippen molar-refractivity contribution in [2.45, 2.75) is 0 Å². The number of imide groups is 1. The Bertz CT molecular complexity index is 171. The molecule has 56 valence electrons. The normalized spacial score (nSPS) is 25.5. The van der Waals surface area contributed by atoms with Gasteiger partial charge >= 0.3 is 6.03 Å². The van der Waals surface area contributed by atoms with E-state index in [1.54, 1.807) is 0 Å². The lowest BCUT2D eigenvalue weighted by molar-refractivity contribution is -0.123. The third-order valence-electron chi connectivity index (χ3n) is 1.34. The predicted molar refractivity (Wildman–Crippen MR) is 38.9 cm³/mol. The minimum atomic E-state index is -0.414. The van der Waals surface area contributed by atoms with E-state index in [-0.39, 0.29) is 11.8 Å². The maximum Gasteiger partial charge on any atom is 0.321 e. The van der Waals surface area contributed by atoms with Gasteiger partial charge in [0.05, 0.1) is 5.92 Å². The van der Waals surface area contributed by atoms with Gasteiger partial charge in [0.1, 0.15) is 0 Å². The lowest BCUT2D eigenvalue weighted by Crippen LogP contribution is -2.52. The predicted octanol–water partition coefficient (Wildman–Crippen LogP) is -0.628. The van der Waals surface area contributed by atoms with Crippen LogP contribution in [-0.4, -0.2) is 24.2 Å². The zero-order valence-electron chi connectivity index (χ0n) is 5.26. The van der Waals surface area contributed by atoms with Gasteiger partial charge in [0.25, 0.3) is 0 Å². The van der Waals surface area contributed by atoms with E-state index in [2.05, 4.69) is 23.3 Å². The second-order valence-corrected chi connectivity index (χ2v) is 2.44. The van der Waals surface area contributed by atoms with Crippen molar-refractivity contribution < 1.29 is 9.59 Å². The summed E-state index contributed by atoms with van der Waals surface area (Å²) in [6.45, 7) is 0.397. The van der Waals surface area contributed by atoms with Gasteiger partial charge in [0, 0.05) is 12.3 Å². The summed E-state index contributed by atoms with van der Waals surface area (Å²) in [5.41, 5.74) is 0. The van der Waals surface area contributed by atoms with Crippen LogP contribution in [0.15, 0.2) is 0 Å². The van der Waals surface area contributed by atoms with Gasteiger partial charge in [0.2, 0.25) is 5.91 Å².